The maximum Gasteiger partial charge on any atom is 0.338 e. The van der Waals surface area contributed by atoms with E-state index in [4.69, 9.17) is 4.74 Å². The summed E-state index contributed by atoms with van der Waals surface area (Å²) in [4.78, 5) is 39.6. The summed E-state index contributed by atoms with van der Waals surface area (Å²) in [5.41, 5.74) is 1.99. The zero-order valence-corrected chi connectivity index (χ0v) is 19.1. The number of rotatable bonds is 8. The minimum atomic E-state index is -0.476. The van der Waals surface area contributed by atoms with Crippen LogP contribution in [0.2, 0.25) is 0 Å². The molecule has 0 saturated carbocycles. The molecule has 3 aromatic rings. The molecule has 166 valence electrons. The molecule has 0 aliphatic heterocycles. The first-order valence-electron chi connectivity index (χ1n) is 9.73. The molecule has 3 rings (SSSR count). The second kappa shape index (κ2) is 10.9. The van der Waals surface area contributed by atoms with Crippen molar-refractivity contribution >= 4 is 57.0 Å². The third-order valence-corrected chi connectivity index (χ3v) is 6.07. The molecule has 0 spiro atoms. The monoisotopic (exact) mass is 471 g/mol. The maximum atomic E-state index is 12.5. The average Bonchev–Trinajstić information content (AvgIpc) is 3.12. The summed E-state index contributed by atoms with van der Waals surface area (Å²) in [7, 11) is 0. The lowest BCUT2D eigenvalue weighted by atomic mass is 10.2. The summed E-state index contributed by atoms with van der Waals surface area (Å²) in [6.07, 6.45) is 4.89. The van der Waals surface area contributed by atoms with Gasteiger partial charge in [0.2, 0.25) is 0 Å². The summed E-state index contributed by atoms with van der Waals surface area (Å²) in [5.74, 6) is 0.00310. The Morgan fingerprint density at radius 3 is 2.66 bits per heavy atom. The second-order valence-electron chi connectivity index (χ2n) is 6.56. The van der Waals surface area contributed by atoms with Gasteiger partial charge in [0, 0.05) is 30.5 Å². The molecule has 1 aromatic heterocycles. The molecule has 1 heterocycles. The molecule has 0 radical (unpaired) electrons. The lowest BCUT2D eigenvalue weighted by Crippen LogP contribution is -2.17. The van der Waals surface area contributed by atoms with Gasteiger partial charge in [-0.05, 0) is 55.2 Å². The highest BCUT2D eigenvalue weighted by Gasteiger charge is 2.12. The van der Waals surface area contributed by atoms with Crippen molar-refractivity contribution in [2.45, 2.75) is 13.5 Å². The number of hydrogen-bond acceptors (Lipinski definition) is 7. The quantitative estimate of drug-likeness (QED) is 0.210. The number of ether oxygens (including phenoxy) is 1. The number of nitro benzene ring substituents is 1. The summed E-state index contributed by atoms with van der Waals surface area (Å²) in [5, 5.41) is 10.7. The molecule has 0 aliphatic rings. The van der Waals surface area contributed by atoms with E-state index in [0.717, 1.165) is 16.0 Å². The number of amides is 1. The van der Waals surface area contributed by atoms with Crippen LogP contribution in [-0.2, 0) is 16.1 Å². The molecule has 0 fully saturated rings. The van der Waals surface area contributed by atoms with E-state index in [0.29, 0.717) is 29.1 Å². The molecular weight excluding hydrogens is 450 g/mol. The minimum absolute atomic E-state index is 0.0135. The van der Waals surface area contributed by atoms with Gasteiger partial charge in [-0.25, -0.2) is 4.79 Å². The lowest BCUT2D eigenvalue weighted by Gasteiger charge is -2.05. The van der Waals surface area contributed by atoms with E-state index < -0.39 is 10.8 Å². The summed E-state index contributed by atoms with van der Waals surface area (Å²) in [6.45, 7) is 2.72. The molecule has 0 saturated heterocycles. The van der Waals surface area contributed by atoms with Gasteiger partial charge in [-0.3, -0.25) is 14.9 Å². The lowest BCUT2D eigenvalue weighted by molar-refractivity contribution is -0.384. The van der Waals surface area contributed by atoms with Crippen LogP contribution in [0.4, 0.5) is 5.69 Å². The fourth-order valence-corrected chi connectivity index (χ4v) is 4.37. The van der Waals surface area contributed by atoms with E-state index in [2.05, 4.69) is 4.99 Å². The fraction of sp³-hybridized carbons (Fsp3) is 0.227. The molecule has 10 heteroatoms. The van der Waals surface area contributed by atoms with Crippen LogP contribution < -0.4 is 4.80 Å². The number of benzene rings is 2. The van der Waals surface area contributed by atoms with E-state index in [1.165, 1.54) is 29.5 Å². The first kappa shape index (κ1) is 23.4. The number of carbonyl (C=O) groups excluding carboxylic acids is 2. The number of nitro groups is 1. The molecule has 0 bridgehead atoms. The molecule has 0 unspecified atom stereocenters. The number of hydrogen-bond donors (Lipinski definition) is 0. The third kappa shape index (κ3) is 5.71. The van der Waals surface area contributed by atoms with Crippen molar-refractivity contribution in [3.05, 3.63) is 74.6 Å². The van der Waals surface area contributed by atoms with Crippen LogP contribution in [0, 0.1) is 10.1 Å². The Balaban J connectivity index is 1.92. The first-order chi connectivity index (χ1) is 15.4. The predicted octanol–water partition coefficient (Wildman–Crippen LogP) is 4.29. The van der Waals surface area contributed by atoms with Crippen LogP contribution in [0.3, 0.4) is 0 Å². The molecule has 1 amide bonds. The molecule has 2 aromatic carbocycles. The van der Waals surface area contributed by atoms with E-state index in [1.807, 2.05) is 16.9 Å². The predicted molar refractivity (Wildman–Crippen MR) is 127 cm³/mol. The van der Waals surface area contributed by atoms with Crippen molar-refractivity contribution in [3.8, 4) is 0 Å². The van der Waals surface area contributed by atoms with E-state index in [1.54, 1.807) is 49.0 Å². The largest absolute Gasteiger partial charge is 0.462 e. The highest BCUT2D eigenvalue weighted by Crippen LogP contribution is 2.20. The number of aryl methyl sites for hydroxylation is 1. The van der Waals surface area contributed by atoms with Crippen LogP contribution in [0.15, 0.2) is 53.5 Å². The number of fused-ring (bicyclic) bond motifs is 1. The summed E-state index contributed by atoms with van der Waals surface area (Å²) < 4.78 is 7.87. The van der Waals surface area contributed by atoms with Crippen molar-refractivity contribution in [1.82, 2.24) is 4.57 Å². The first-order valence-corrected chi connectivity index (χ1v) is 11.9. The zero-order valence-electron chi connectivity index (χ0n) is 17.5. The topological polar surface area (TPSA) is 104 Å². The zero-order chi connectivity index (χ0) is 23.1. The number of aromatic nitrogens is 1. The Hall–Kier alpha value is -3.24. The van der Waals surface area contributed by atoms with Crippen molar-refractivity contribution in [3.63, 3.8) is 0 Å². The van der Waals surface area contributed by atoms with Crippen molar-refractivity contribution in [1.29, 1.82) is 0 Å². The maximum absolute atomic E-state index is 12.5. The third-order valence-electron chi connectivity index (χ3n) is 4.44. The summed E-state index contributed by atoms with van der Waals surface area (Å²) in [6, 6.07) is 11.2. The van der Waals surface area contributed by atoms with E-state index in [-0.39, 0.29) is 11.7 Å². The van der Waals surface area contributed by atoms with Gasteiger partial charge < -0.3 is 9.30 Å². The van der Waals surface area contributed by atoms with Gasteiger partial charge in [0.1, 0.15) is 0 Å². The van der Waals surface area contributed by atoms with E-state index in [9.17, 15) is 19.7 Å². The fourth-order valence-electron chi connectivity index (χ4n) is 2.90. The normalized spacial score (nSPS) is 11.9. The van der Waals surface area contributed by atoms with Gasteiger partial charge in [-0.1, -0.05) is 11.3 Å². The van der Waals surface area contributed by atoms with Crippen LogP contribution in [0.5, 0.6) is 0 Å². The van der Waals surface area contributed by atoms with Crippen LogP contribution in [0.25, 0.3) is 16.3 Å². The second-order valence-corrected chi connectivity index (χ2v) is 8.56. The van der Waals surface area contributed by atoms with Gasteiger partial charge in [-0.2, -0.15) is 16.8 Å². The van der Waals surface area contributed by atoms with Gasteiger partial charge in [-0.15, -0.1) is 0 Å². The standard InChI is InChI=1S/C22H21N3O5S2/c1-3-30-21(27)16-7-10-18-19(14-16)32-22(24(18)12-13-31-2)23-20(26)11-6-15-4-8-17(9-5-15)25(28)29/h4-11,14H,3,12-13H2,1-2H3. The van der Waals surface area contributed by atoms with Crippen LogP contribution in [0.1, 0.15) is 22.8 Å². The number of non-ortho nitro benzene ring substituents is 1. The SMILES string of the molecule is CCOC(=O)c1ccc2c(c1)sc(=NC(=O)C=Cc1ccc([N+](=O)[O-])cc1)n2CCSC. The summed E-state index contributed by atoms with van der Waals surface area (Å²) >= 11 is 3.01. The van der Waals surface area contributed by atoms with Crippen molar-refractivity contribution in [2.75, 3.05) is 18.6 Å². The molecular formula is C22H21N3O5S2. The van der Waals surface area contributed by atoms with Crippen molar-refractivity contribution in [2.24, 2.45) is 4.99 Å². The number of thioether (sulfide) groups is 1. The molecule has 32 heavy (non-hydrogen) atoms. The van der Waals surface area contributed by atoms with Crippen LogP contribution in [-0.4, -0.2) is 40.0 Å². The molecule has 0 aliphatic carbocycles. The Bertz CT molecular complexity index is 1240. The van der Waals surface area contributed by atoms with Gasteiger partial charge >= 0.3 is 5.97 Å². The number of thiazole rings is 1. The van der Waals surface area contributed by atoms with Gasteiger partial charge in [0.05, 0.1) is 27.3 Å². The Morgan fingerprint density at radius 2 is 2.00 bits per heavy atom. The highest BCUT2D eigenvalue weighted by molar-refractivity contribution is 7.98. The molecule has 0 N–H and O–H groups in total. The van der Waals surface area contributed by atoms with Crippen LogP contribution >= 0.6 is 23.1 Å². The Kier molecular flexibility index (Phi) is 7.96. The van der Waals surface area contributed by atoms with E-state index >= 15 is 0 Å². The highest BCUT2D eigenvalue weighted by atomic mass is 32.2. The number of nitrogens with zero attached hydrogens (tertiary/aromatic N) is 3. The number of carbonyl (C=O) groups is 2. The minimum Gasteiger partial charge on any atom is -0.462 e. The van der Waals surface area contributed by atoms with Gasteiger partial charge in [0.15, 0.2) is 4.80 Å². The Labute approximate surface area is 192 Å². The van der Waals surface area contributed by atoms with Crippen molar-refractivity contribution < 1.29 is 19.2 Å². The smallest absolute Gasteiger partial charge is 0.338 e. The molecule has 0 atom stereocenters. The molecule has 8 nitrogen and oxygen atoms in total. The average molecular weight is 472 g/mol. The van der Waals surface area contributed by atoms with Gasteiger partial charge in [0.25, 0.3) is 11.6 Å². The Morgan fingerprint density at radius 1 is 1.25 bits per heavy atom. The number of esters is 1.